The van der Waals surface area contributed by atoms with Crippen LogP contribution in [0.5, 0.6) is 0 Å². The molecule has 0 spiro atoms. The van der Waals surface area contributed by atoms with Crippen LogP contribution in [0.3, 0.4) is 0 Å². The zero-order chi connectivity index (χ0) is 44.3. The summed E-state index contributed by atoms with van der Waals surface area (Å²) in [6.07, 6.45) is 14.1. The van der Waals surface area contributed by atoms with E-state index >= 15 is 0 Å². The fourth-order valence-corrected chi connectivity index (χ4v) is 8.79. The minimum absolute atomic E-state index is 0. The van der Waals surface area contributed by atoms with Gasteiger partial charge in [-0.3, -0.25) is 12.2 Å². The van der Waals surface area contributed by atoms with Crippen LogP contribution in [-0.4, -0.2) is 4.21 Å². The van der Waals surface area contributed by atoms with Gasteiger partial charge in [-0.15, -0.1) is 36.4 Å². The van der Waals surface area contributed by atoms with Crippen LogP contribution in [0.15, 0.2) is 96.1 Å². The Morgan fingerprint density at radius 2 is 1.10 bits per heavy atom. The molecule has 1 unspecified atom stereocenters. The molecule has 0 aromatic heterocycles. The third-order valence-corrected chi connectivity index (χ3v) is 11.9. The van der Waals surface area contributed by atoms with Gasteiger partial charge in [0.2, 0.25) is 0 Å². The summed E-state index contributed by atoms with van der Waals surface area (Å²) in [5.41, 5.74) is 21.0. The van der Waals surface area contributed by atoms with Crippen molar-refractivity contribution >= 4 is 40.2 Å². The van der Waals surface area contributed by atoms with Crippen molar-refractivity contribution in [1.82, 2.24) is 0 Å². The van der Waals surface area contributed by atoms with E-state index in [4.69, 9.17) is 0 Å². The van der Waals surface area contributed by atoms with Gasteiger partial charge in [-0.25, -0.2) is 11.1 Å². The van der Waals surface area contributed by atoms with Gasteiger partial charge in [-0.1, -0.05) is 152 Å². The SMILES string of the molecule is CC(C)(C)c1cc[c-]cc1.CC(C)(C)c1cc[c-]cc1.CC1=[C-]C(C)(C)c2cc3c(cc21)-c1cc2c(cc1C3)C(C)(C)C=C2C.CCC1=[C-]C(C)C=C1C(C)(C)C.Cl.Cl.[CH2]=[Zr]. The zero-order valence-corrected chi connectivity index (χ0v) is 44.7. The molecule has 0 bridgehead atoms. The van der Waals surface area contributed by atoms with Gasteiger partial charge in [0.1, 0.15) is 0 Å². The van der Waals surface area contributed by atoms with Crippen molar-refractivity contribution in [2.75, 3.05) is 0 Å². The molecular formula is C58H74Cl2Zr-4. The number of benzene rings is 4. The monoisotopic (exact) mass is 930 g/mol. The molecule has 328 valence electrons. The van der Waals surface area contributed by atoms with E-state index in [1.807, 2.05) is 24.3 Å². The Kier molecular flexibility index (Phi) is 18.9. The van der Waals surface area contributed by atoms with E-state index in [2.05, 4.69) is 207 Å². The first-order valence-corrected chi connectivity index (χ1v) is 23.4. The van der Waals surface area contributed by atoms with Crippen molar-refractivity contribution in [3.8, 4) is 11.1 Å². The second kappa shape index (κ2) is 21.2. The van der Waals surface area contributed by atoms with Crippen molar-refractivity contribution in [2.45, 2.75) is 152 Å². The van der Waals surface area contributed by atoms with Gasteiger partial charge in [-0.2, -0.15) is 89.0 Å². The number of rotatable bonds is 1. The molecule has 61 heavy (non-hydrogen) atoms. The predicted molar refractivity (Wildman–Crippen MR) is 270 cm³/mol. The average Bonchev–Trinajstić information content (AvgIpc) is 3.86. The average molecular weight is 933 g/mol. The number of hydrogen-bond acceptors (Lipinski definition) is 0. The standard InChI is InChI=1S/C25H25.C12H19.2C10H13.CH2.2ClH.Zr/c1-14-12-24(3,4)22-8-16-7-17-9-23-19(15(2)13-25(23,5)6)11-21(17)20(16)10-18(14)22;1-6-10-7-9(2)8-11(10)12(3,4)5;2*1-10(2,3)9-7-5-4-6-8-9;;;;/h8-12H,7H2,1-6H3;8-9H,6H2,1-5H3;2*5-8H,1-3H3;1H2;2*1H;/q4*-1;;;;. The van der Waals surface area contributed by atoms with E-state index in [1.54, 1.807) is 0 Å². The molecule has 4 aliphatic rings. The number of hydrogen-bond donors (Lipinski definition) is 0. The Morgan fingerprint density at radius 1 is 0.656 bits per heavy atom. The topological polar surface area (TPSA) is 0 Å². The van der Waals surface area contributed by atoms with Crippen molar-refractivity contribution in [3.63, 3.8) is 0 Å². The summed E-state index contributed by atoms with van der Waals surface area (Å²) in [6.45, 7) is 38.2. The van der Waals surface area contributed by atoms with Crippen molar-refractivity contribution < 1.29 is 24.2 Å². The van der Waals surface area contributed by atoms with Crippen LogP contribution in [0.1, 0.15) is 169 Å². The molecule has 1 atom stereocenters. The second-order valence-corrected chi connectivity index (χ2v) is 20.9. The molecule has 0 heterocycles. The Morgan fingerprint density at radius 3 is 1.49 bits per heavy atom. The molecule has 0 fully saturated rings. The summed E-state index contributed by atoms with van der Waals surface area (Å²) in [6, 6.07) is 32.1. The maximum absolute atomic E-state index is 3.65. The number of fused-ring (bicyclic) bond motifs is 5. The summed E-state index contributed by atoms with van der Waals surface area (Å²) < 4.78 is 3.34. The minimum atomic E-state index is 0. The number of allylic oxidation sites excluding steroid dienone is 8. The summed E-state index contributed by atoms with van der Waals surface area (Å²) in [7, 11) is 0. The summed E-state index contributed by atoms with van der Waals surface area (Å²) in [5.74, 6) is 0.522. The molecule has 0 amide bonds. The van der Waals surface area contributed by atoms with E-state index in [0.29, 0.717) is 11.3 Å². The van der Waals surface area contributed by atoms with Gasteiger partial charge >= 0.3 is 28.4 Å². The molecule has 0 N–H and O–H groups in total. The second-order valence-electron chi connectivity index (χ2n) is 20.9. The van der Waals surface area contributed by atoms with Crippen LogP contribution >= 0.6 is 24.8 Å². The Bertz CT molecular complexity index is 2090. The molecule has 0 saturated heterocycles. The first-order chi connectivity index (χ1) is 27.3. The molecule has 0 saturated carbocycles. The van der Waals surface area contributed by atoms with Crippen LogP contribution in [0.4, 0.5) is 0 Å². The third-order valence-electron chi connectivity index (χ3n) is 11.9. The molecule has 4 aromatic carbocycles. The van der Waals surface area contributed by atoms with Crippen LogP contribution in [0.2, 0.25) is 0 Å². The van der Waals surface area contributed by atoms with Gasteiger partial charge in [0.25, 0.3) is 0 Å². The molecule has 3 heteroatoms. The fourth-order valence-electron chi connectivity index (χ4n) is 8.79. The van der Waals surface area contributed by atoms with Gasteiger partial charge in [-0.05, 0) is 69.2 Å². The molecule has 0 nitrogen and oxygen atoms in total. The fraction of sp³-hybridized carbons (Fsp3) is 0.431. The van der Waals surface area contributed by atoms with E-state index in [-0.39, 0.29) is 46.5 Å². The molecule has 4 aromatic rings. The van der Waals surface area contributed by atoms with Crippen LogP contribution in [0.25, 0.3) is 22.3 Å². The van der Waals surface area contributed by atoms with Crippen molar-refractivity contribution in [1.29, 1.82) is 0 Å². The maximum atomic E-state index is 3.65. The van der Waals surface area contributed by atoms with E-state index in [1.165, 1.54) is 102 Å². The number of halogens is 2. The van der Waals surface area contributed by atoms with Crippen LogP contribution < -0.4 is 0 Å². The van der Waals surface area contributed by atoms with Gasteiger partial charge in [0, 0.05) is 5.41 Å². The van der Waals surface area contributed by atoms with Crippen molar-refractivity contribution in [2.24, 2.45) is 11.3 Å². The summed E-state index contributed by atoms with van der Waals surface area (Å²) >= 11 is 1.30. The molecule has 8 rings (SSSR count). The third kappa shape index (κ3) is 13.1. The van der Waals surface area contributed by atoms with E-state index < -0.39 is 0 Å². The van der Waals surface area contributed by atoms with Crippen LogP contribution in [0, 0.1) is 35.6 Å². The molecule has 0 aliphatic heterocycles. The van der Waals surface area contributed by atoms with Crippen molar-refractivity contribution in [3.05, 3.63) is 165 Å². The van der Waals surface area contributed by atoms with Gasteiger partial charge in [0.05, 0.1) is 0 Å². The first kappa shape index (κ1) is 54.3. The Balaban J connectivity index is 0.000000302. The Hall–Kier alpha value is -2.83. The quantitative estimate of drug-likeness (QED) is 0.147. The normalized spacial score (nSPS) is 17.0. The van der Waals surface area contributed by atoms with Gasteiger partial charge < -0.3 is 0 Å². The first-order valence-electron chi connectivity index (χ1n) is 21.6. The summed E-state index contributed by atoms with van der Waals surface area (Å²) in [5, 5.41) is 0. The Labute approximate surface area is 401 Å². The molecule has 0 radical (unpaired) electrons. The molecular weight excluding hydrogens is 859 g/mol. The van der Waals surface area contributed by atoms with E-state index in [9.17, 15) is 0 Å². The summed E-state index contributed by atoms with van der Waals surface area (Å²) in [4.78, 5) is 0. The predicted octanol–water partition coefficient (Wildman–Crippen LogP) is 16.6. The van der Waals surface area contributed by atoms with Crippen LogP contribution in [-0.2, 0) is 52.3 Å². The van der Waals surface area contributed by atoms with E-state index in [0.717, 1.165) is 12.8 Å². The zero-order valence-electron chi connectivity index (χ0n) is 40.6. The molecule has 4 aliphatic carbocycles. The van der Waals surface area contributed by atoms with Gasteiger partial charge in [0.15, 0.2) is 0 Å².